The molecular formula is C18H17ClN4. The van der Waals surface area contributed by atoms with E-state index in [-0.39, 0.29) is 12.1 Å². The van der Waals surface area contributed by atoms with Gasteiger partial charge in [-0.1, -0.05) is 53.6 Å². The van der Waals surface area contributed by atoms with Gasteiger partial charge in [0, 0.05) is 5.02 Å². The Morgan fingerprint density at radius 3 is 2.48 bits per heavy atom. The Morgan fingerprint density at radius 2 is 1.74 bits per heavy atom. The second-order valence-corrected chi connectivity index (χ2v) is 6.38. The molecule has 2 aromatic carbocycles. The minimum absolute atomic E-state index is 0.150. The van der Waals surface area contributed by atoms with Crippen molar-refractivity contribution in [2.45, 2.75) is 25.4 Å². The zero-order valence-corrected chi connectivity index (χ0v) is 13.5. The summed E-state index contributed by atoms with van der Waals surface area (Å²) in [6.07, 6.45) is 2.52. The maximum atomic E-state index is 6.02. The topological polar surface area (TPSA) is 42.7 Å². The Balaban J connectivity index is 1.71. The van der Waals surface area contributed by atoms with Gasteiger partial charge in [0.2, 0.25) is 5.95 Å². The summed E-state index contributed by atoms with van der Waals surface area (Å²) in [7, 11) is 0. The van der Waals surface area contributed by atoms with Crippen LogP contribution in [0.25, 0.3) is 0 Å². The fourth-order valence-corrected chi connectivity index (χ4v) is 3.23. The summed E-state index contributed by atoms with van der Waals surface area (Å²) in [5, 5.41) is 8.62. The van der Waals surface area contributed by atoms with Gasteiger partial charge < -0.3 is 5.32 Å². The van der Waals surface area contributed by atoms with Crippen molar-refractivity contribution in [3.63, 3.8) is 0 Å². The first-order valence-electron chi connectivity index (χ1n) is 7.69. The number of fused-ring (bicyclic) bond motifs is 1. The Labute approximate surface area is 140 Å². The van der Waals surface area contributed by atoms with Gasteiger partial charge in [0.25, 0.3) is 0 Å². The van der Waals surface area contributed by atoms with Crippen molar-refractivity contribution >= 4 is 17.5 Å². The molecule has 5 heteroatoms. The zero-order valence-electron chi connectivity index (χ0n) is 12.8. The van der Waals surface area contributed by atoms with Gasteiger partial charge in [0.05, 0.1) is 12.1 Å². The average Bonchev–Trinajstić information content (AvgIpc) is 3.04. The van der Waals surface area contributed by atoms with Gasteiger partial charge in [-0.2, -0.15) is 10.1 Å². The van der Waals surface area contributed by atoms with Crippen molar-refractivity contribution in [3.05, 3.63) is 76.6 Å². The lowest BCUT2D eigenvalue weighted by Crippen LogP contribution is -2.28. The van der Waals surface area contributed by atoms with Crippen LogP contribution in [0.4, 0.5) is 5.95 Å². The number of rotatable bonds is 2. The van der Waals surface area contributed by atoms with E-state index in [1.54, 1.807) is 6.33 Å². The number of benzene rings is 2. The van der Waals surface area contributed by atoms with Crippen LogP contribution in [-0.2, 0) is 0 Å². The third-order valence-corrected chi connectivity index (χ3v) is 4.62. The first-order chi connectivity index (χ1) is 11.2. The van der Waals surface area contributed by atoms with Crippen LogP contribution < -0.4 is 5.32 Å². The van der Waals surface area contributed by atoms with E-state index in [1.165, 1.54) is 16.7 Å². The van der Waals surface area contributed by atoms with E-state index in [0.717, 1.165) is 17.4 Å². The quantitative estimate of drug-likeness (QED) is 0.760. The van der Waals surface area contributed by atoms with Crippen molar-refractivity contribution in [2.75, 3.05) is 5.32 Å². The molecule has 0 aliphatic carbocycles. The number of nitrogens with zero attached hydrogens (tertiary/aromatic N) is 3. The van der Waals surface area contributed by atoms with E-state index in [1.807, 2.05) is 16.8 Å². The van der Waals surface area contributed by atoms with E-state index < -0.39 is 0 Å². The lowest BCUT2D eigenvalue weighted by Gasteiger charge is -2.31. The summed E-state index contributed by atoms with van der Waals surface area (Å²) < 4.78 is 1.95. The predicted octanol–water partition coefficient (Wildman–Crippen LogP) is 4.39. The highest BCUT2D eigenvalue weighted by Crippen LogP contribution is 2.37. The van der Waals surface area contributed by atoms with Gasteiger partial charge in [-0.3, -0.25) is 0 Å². The molecule has 0 unspecified atom stereocenters. The van der Waals surface area contributed by atoms with Crippen LogP contribution in [0.3, 0.4) is 0 Å². The highest BCUT2D eigenvalue weighted by Gasteiger charge is 2.29. The third-order valence-electron chi connectivity index (χ3n) is 4.37. The smallest absolute Gasteiger partial charge is 0.222 e. The number of anilines is 1. The van der Waals surface area contributed by atoms with Crippen LogP contribution in [0.5, 0.6) is 0 Å². The van der Waals surface area contributed by atoms with Crippen LogP contribution in [0.1, 0.15) is 35.2 Å². The highest BCUT2D eigenvalue weighted by molar-refractivity contribution is 6.30. The largest absolute Gasteiger partial charge is 0.348 e. The number of hydrogen-bond acceptors (Lipinski definition) is 3. The maximum Gasteiger partial charge on any atom is 0.222 e. The molecule has 2 atom stereocenters. The fourth-order valence-electron chi connectivity index (χ4n) is 3.10. The average molecular weight is 325 g/mol. The molecule has 0 amide bonds. The number of hydrogen-bond donors (Lipinski definition) is 1. The molecule has 1 aliphatic heterocycles. The number of aryl methyl sites for hydroxylation is 1. The lowest BCUT2D eigenvalue weighted by molar-refractivity contribution is 0.431. The standard InChI is InChI=1S/C18H17ClN4/c1-12-2-4-13(5-3-12)16-10-17(14-6-8-15(19)9-7-14)23-18(22-16)20-11-21-23/h2-9,11,16-17H,10H2,1H3,(H,20,21,22)/t16-,17+/m1/s1. The molecule has 2 heterocycles. The Kier molecular flexibility index (Phi) is 3.54. The van der Waals surface area contributed by atoms with Crippen LogP contribution in [0, 0.1) is 6.92 Å². The number of aromatic nitrogens is 3. The van der Waals surface area contributed by atoms with Gasteiger partial charge in [0.1, 0.15) is 6.33 Å². The molecule has 23 heavy (non-hydrogen) atoms. The SMILES string of the molecule is Cc1ccc([C@H]2C[C@@H](c3ccc(Cl)cc3)n3ncnc3N2)cc1. The van der Waals surface area contributed by atoms with E-state index in [2.05, 4.69) is 58.7 Å². The molecule has 1 aromatic heterocycles. The molecule has 0 fully saturated rings. The van der Waals surface area contributed by atoms with Crippen LogP contribution >= 0.6 is 11.6 Å². The van der Waals surface area contributed by atoms with Crippen LogP contribution in [0.15, 0.2) is 54.9 Å². The molecule has 0 saturated carbocycles. The van der Waals surface area contributed by atoms with Gasteiger partial charge in [0.15, 0.2) is 0 Å². The van der Waals surface area contributed by atoms with Gasteiger partial charge in [-0.05, 0) is 36.6 Å². The molecule has 1 aliphatic rings. The molecule has 1 N–H and O–H groups in total. The second kappa shape index (κ2) is 5.70. The Morgan fingerprint density at radius 1 is 1.04 bits per heavy atom. The summed E-state index contributed by atoms with van der Waals surface area (Å²) in [5.41, 5.74) is 3.73. The molecule has 0 radical (unpaired) electrons. The van der Waals surface area contributed by atoms with E-state index >= 15 is 0 Å². The molecule has 4 nitrogen and oxygen atoms in total. The minimum atomic E-state index is 0.150. The predicted molar refractivity (Wildman–Crippen MR) is 91.8 cm³/mol. The first kappa shape index (κ1) is 14.3. The van der Waals surface area contributed by atoms with Gasteiger partial charge in [-0.25, -0.2) is 4.68 Å². The third kappa shape index (κ3) is 2.70. The summed E-state index contributed by atoms with van der Waals surface area (Å²) in [4.78, 5) is 4.36. The van der Waals surface area contributed by atoms with Crippen molar-refractivity contribution in [3.8, 4) is 0 Å². The summed E-state index contributed by atoms with van der Waals surface area (Å²) in [6.45, 7) is 2.10. The van der Waals surface area contributed by atoms with Crippen molar-refractivity contribution < 1.29 is 0 Å². The number of nitrogens with one attached hydrogen (secondary N) is 1. The highest BCUT2D eigenvalue weighted by atomic mass is 35.5. The summed E-state index contributed by atoms with van der Waals surface area (Å²) >= 11 is 6.02. The van der Waals surface area contributed by atoms with E-state index in [4.69, 9.17) is 11.6 Å². The van der Waals surface area contributed by atoms with E-state index in [0.29, 0.717) is 0 Å². The first-order valence-corrected chi connectivity index (χ1v) is 8.06. The minimum Gasteiger partial charge on any atom is -0.348 e. The molecule has 3 aromatic rings. The molecule has 116 valence electrons. The fraction of sp³-hybridized carbons (Fsp3) is 0.222. The molecule has 0 bridgehead atoms. The number of halogens is 1. The van der Waals surface area contributed by atoms with Crippen LogP contribution in [0.2, 0.25) is 5.02 Å². The van der Waals surface area contributed by atoms with E-state index in [9.17, 15) is 0 Å². The van der Waals surface area contributed by atoms with Crippen molar-refractivity contribution in [1.29, 1.82) is 0 Å². The molecule has 0 spiro atoms. The summed E-state index contributed by atoms with van der Waals surface area (Å²) in [6, 6.07) is 17.0. The van der Waals surface area contributed by atoms with Crippen molar-refractivity contribution in [2.24, 2.45) is 0 Å². The lowest BCUT2D eigenvalue weighted by atomic mass is 9.93. The van der Waals surface area contributed by atoms with Gasteiger partial charge >= 0.3 is 0 Å². The molecular weight excluding hydrogens is 308 g/mol. The Bertz CT molecular complexity index is 808. The zero-order chi connectivity index (χ0) is 15.8. The summed E-state index contributed by atoms with van der Waals surface area (Å²) in [5.74, 6) is 0.807. The van der Waals surface area contributed by atoms with Gasteiger partial charge in [-0.15, -0.1) is 0 Å². The normalized spacial score (nSPS) is 19.9. The monoisotopic (exact) mass is 324 g/mol. The second-order valence-electron chi connectivity index (χ2n) is 5.94. The van der Waals surface area contributed by atoms with Crippen molar-refractivity contribution in [1.82, 2.24) is 14.8 Å². The molecule has 0 saturated heterocycles. The maximum absolute atomic E-state index is 6.02. The molecule has 4 rings (SSSR count). The van der Waals surface area contributed by atoms with Crippen LogP contribution in [-0.4, -0.2) is 14.8 Å². The Hall–Kier alpha value is -2.33.